The molecular formula is C21H14I2O3. The van der Waals surface area contributed by atoms with Crippen LogP contribution in [0.5, 0.6) is 11.5 Å². The maximum Gasteiger partial charge on any atom is 0.328 e. The Balaban J connectivity index is 2.10. The van der Waals surface area contributed by atoms with Gasteiger partial charge in [0.15, 0.2) is 0 Å². The van der Waals surface area contributed by atoms with Gasteiger partial charge in [0.1, 0.15) is 11.5 Å². The molecule has 5 heteroatoms. The van der Waals surface area contributed by atoms with Crippen LogP contribution in [0.1, 0.15) is 5.56 Å². The van der Waals surface area contributed by atoms with Crippen molar-refractivity contribution in [2.24, 2.45) is 0 Å². The summed E-state index contributed by atoms with van der Waals surface area (Å²) < 4.78 is 8.37. The van der Waals surface area contributed by atoms with Crippen molar-refractivity contribution in [2.45, 2.75) is 0 Å². The van der Waals surface area contributed by atoms with Gasteiger partial charge in [-0.3, -0.25) is 0 Å². The molecule has 0 fully saturated rings. The summed E-state index contributed by atoms with van der Waals surface area (Å²) in [5, 5.41) is 8.98. The van der Waals surface area contributed by atoms with Crippen LogP contribution in [0, 0.1) is 7.14 Å². The molecule has 0 amide bonds. The predicted octanol–water partition coefficient (Wildman–Crippen LogP) is 6.45. The average Bonchev–Trinajstić information content (AvgIpc) is 2.63. The molecule has 3 aromatic carbocycles. The summed E-state index contributed by atoms with van der Waals surface area (Å²) in [7, 11) is 0. The summed E-state index contributed by atoms with van der Waals surface area (Å²) in [6.45, 7) is 0. The fourth-order valence-electron chi connectivity index (χ4n) is 2.49. The average molecular weight is 568 g/mol. The fourth-order valence-corrected chi connectivity index (χ4v) is 3.21. The number of benzene rings is 3. The van der Waals surface area contributed by atoms with Gasteiger partial charge in [-0.05, 0) is 105 Å². The van der Waals surface area contributed by atoms with Gasteiger partial charge in [0.05, 0.1) is 0 Å². The Morgan fingerprint density at radius 3 is 2.12 bits per heavy atom. The van der Waals surface area contributed by atoms with E-state index in [-0.39, 0.29) is 0 Å². The number of rotatable bonds is 5. The highest BCUT2D eigenvalue weighted by molar-refractivity contribution is 14.1. The highest BCUT2D eigenvalue weighted by Gasteiger charge is 2.12. The van der Waals surface area contributed by atoms with E-state index < -0.39 is 5.97 Å². The van der Waals surface area contributed by atoms with E-state index in [1.165, 1.54) is 0 Å². The molecule has 0 atom stereocenters. The standard InChI is InChI=1S/C21H14I2O3/c22-16-7-4-15(5-8-16)21-14(6-13-20(24)25)2-1-3-19(21)26-18-11-9-17(23)10-12-18/h1-13H,(H,24,25)/b13-6-. The molecular weight excluding hydrogens is 554 g/mol. The summed E-state index contributed by atoms with van der Waals surface area (Å²) in [5.74, 6) is 0.430. The van der Waals surface area contributed by atoms with Gasteiger partial charge in [0.2, 0.25) is 0 Å². The van der Waals surface area contributed by atoms with Crippen molar-refractivity contribution in [2.75, 3.05) is 0 Å². The second-order valence-electron chi connectivity index (χ2n) is 5.45. The zero-order chi connectivity index (χ0) is 18.5. The first-order valence-electron chi connectivity index (χ1n) is 7.76. The Bertz CT molecular complexity index is 946. The molecule has 0 aliphatic rings. The highest BCUT2D eigenvalue weighted by Crippen LogP contribution is 2.37. The van der Waals surface area contributed by atoms with Crippen LogP contribution in [-0.2, 0) is 4.79 Å². The normalized spacial score (nSPS) is 10.8. The molecule has 0 unspecified atom stereocenters. The zero-order valence-electron chi connectivity index (χ0n) is 13.5. The molecule has 0 spiro atoms. The summed E-state index contributed by atoms with van der Waals surface area (Å²) in [6.07, 6.45) is 2.73. The van der Waals surface area contributed by atoms with E-state index in [4.69, 9.17) is 9.84 Å². The molecule has 0 radical (unpaired) electrons. The van der Waals surface area contributed by atoms with E-state index in [2.05, 4.69) is 45.2 Å². The molecule has 26 heavy (non-hydrogen) atoms. The summed E-state index contributed by atoms with van der Waals surface area (Å²) in [5.41, 5.74) is 2.62. The Hall–Kier alpha value is -1.87. The van der Waals surface area contributed by atoms with Crippen molar-refractivity contribution >= 4 is 57.2 Å². The topological polar surface area (TPSA) is 46.5 Å². The van der Waals surface area contributed by atoms with Crippen LogP contribution in [0.2, 0.25) is 0 Å². The molecule has 0 aromatic heterocycles. The van der Waals surface area contributed by atoms with Gasteiger partial charge in [-0.1, -0.05) is 24.3 Å². The van der Waals surface area contributed by atoms with Crippen LogP contribution in [0.3, 0.4) is 0 Å². The van der Waals surface area contributed by atoms with Crippen LogP contribution >= 0.6 is 45.2 Å². The van der Waals surface area contributed by atoms with Gasteiger partial charge in [0.25, 0.3) is 0 Å². The Morgan fingerprint density at radius 1 is 0.885 bits per heavy atom. The molecule has 0 aliphatic heterocycles. The first-order valence-corrected chi connectivity index (χ1v) is 9.92. The Labute approximate surface area is 179 Å². The molecule has 3 nitrogen and oxygen atoms in total. The lowest BCUT2D eigenvalue weighted by Gasteiger charge is -2.14. The van der Waals surface area contributed by atoms with Gasteiger partial charge in [-0.15, -0.1) is 0 Å². The van der Waals surface area contributed by atoms with Gasteiger partial charge in [-0.25, -0.2) is 4.79 Å². The smallest absolute Gasteiger partial charge is 0.328 e. The Kier molecular flexibility index (Phi) is 6.31. The summed E-state index contributed by atoms with van der Waals surface area (Å²) in [6, 6.07) is 21.5. The molecule has 1 N–H and O–H groups in total. The zero-order valence-corrected chi connectivity index (χ0v) is 17.8. The SMILES string of the molecule is O=C(O)/C=C\c1cccc(Oc2ccc(I)cc2)c1-c1ccc(I)cc1. The van der Waals surface area contributed by atoms with Crippen molar-refractivity contribution in [1.82, 2.24) is 0 Å². The number of hydrogen-bond acceptors (Lipinski definition) is 2. The monoisotopic (exact) mass is 568 g/mol. The van der Waals surface area contributed by atoms with E-state index in [0.29, 0.717) is 5.75 Å². The van der Waals surface area contributed by atoms with Crippen LogP contribution in [0.4, 0.5) is 0 Å². The second kappa shape index (κ2) is 8.68. The third-order valence-corrected chi connectivity index (χ3v) is 5.08. The minimum Gasteiger partial charge on any atom is -0.478 e. The van der Waals surface area contributed by atoms with Crippen LogP contribution in [0.15, 0.2) is 72.8 Å². The van der Waals surface area contributed by atoms with Crippen LogP contribution in [-0.4, -0.2) is 11.1 Å². The first-order chi connectivity index (χ1) is 12.5. The van der Waals surface area contributed by atoms with E-state index in [9.17, 15) is 4.79 Å². The van der Waals surface area contributed by atoms with Crippen molar-refractivity contribution < 1.29 is 14.6 Å². The number of ether oxygens (including phenoxy) is 1. The molecule has 0 saturated carbocycles. The van der Waals surface area contributed by atoms with Crippen LogP contribution in [0.25, 0.3) is 17.2 Å². The summed E-state index contributed by atoms with van der Waals surface area (Å²) >= 11 is 4.50. The number of carbonyl (C=O) groups is 1. The molecule has 3 rings (SSSR count). The molecule has 0 saturated heterocycles. The lowest BCUT2D eigenvalue weighted by Crippen LogP contribution is -1.93. The third-order valence-electron chi connectivity index (χ3n) is 3.64. The van der Waals surface area contributed by atoms with Crippen molar-refractivity contribution in [3.63, 3.8) is 0 Å². The maximum absolute atomic E-state index is 11.0. The van der Waals surface area contributed by atoms with Gasteiger partial charge in [0, 0.05) is 18.8 Å². The minimum atomic E-state index is -0.984. The number of carboxylic acid groups (broad SMARTS) is 1. The third kappa shape index (κ3) is 4.85. The number of aliphatic carboxylic acids is 1. The van der Waals surface area contributed by atoms with Gasteiger partial charge >= 0.3 is 5.97 Å². The summed E-state index contributed by atoms with van der Waals surface area (Å²) in [4.78, 5) is 11.0. The number of carboxylic acids is 1. The van der Waals surface area contributed by atoms with E-state index in [0.717, 1.165) is 35.7 Å². The van der Waals surface area contributed by atoms with Crippen molar-refractivity contribution in [1.29, 1.82) is 0 Å². The lowest BCUT2D eigenvalue weighted by atomic mass is 9.98. The predicted molar refractivity (Wildman–Crippen MR) is 120 cm³/mol. The van der Waals surface area contributed by atoms with E-state index >= 15 is 0 Å². The first kappa shape index (κ1) is 18.9. The van der Waals surface area contributed by atoms with Gasteiger partial charge < -0.3 is 9.84 Å². The Morgan fingerprint density at radius 2 is 1.50 bits per heavy atom. The molecule has 3 aromatic rings. The molecule has 0 aliphatic carbocycles. The second-order valence-corrected chi connectivity index (χ2v) is 7.95. The maximum atomic E-state index is 11.0. The quantitative estimate of drug-likeness (QED) is 0.284. The lowest BCUT2D eigenvalue weighted by molar-refractivity contribution is -0.131. The van der Waals surface area contributed by atoms with Crippen LogP contribution < -0.4 is 4.74 Å². The minimum absolute atomic E-state index is 0.681. The van der Waals surface area contributed by atoms with Crippen molar-refractivity contribution in [3.8, 4) is 22.6 Å². The highest BCUT2D eigenvalue weighted by atomic mass is 127. The number of hydrogen-bond donors (Lipinski definition) is 1. The largest absolute Gasteiger partial charge is 0.478 e. The number of halogens is 2. The molecule has 0 heterocycles. The van der Waals surface area contributed by atoms with E-state index in [1.54, 1.807) is 6.08 Å². The van der Waals surface area contributed by atoms with Crippen molar-refractivity contribution in [3.05, 3.63) is 85.5 Å². The van der Waals surface area contributed by atoms with E-state index in [1.807, 2.05) is 66.7 Å². The molecule has 0 bridgehead atoms. The fraction of sp³-hybridized carbons (Fsp3) is 0. The van der Waals surface area contributed by atoms with Gasteiger partial charge in [-0.2, -0.15) is 0 Å². The molecule has 130 valence electrons.